The Labute approximate surface area is 89.9 Å². The van der Waals surface area contributed by atoms with E-state index in [1.807, 2.05) is 13.8 Å². The van der Waals surface area contributed by atoms with Crippen LogP contribution in [0.15, 0.2) is 12.7 Å². The first-order valence-electron chi connectivity index (χ1n) is 5.17. The third kappa shape index (κ3) is 2.58. The molecule has 0 aromatic heterocycles. The van der Waals surface area contributed by atoms with Crippen molar-refractivity contribution in [2.75, 3.05) is 6.61 Å². The lowest BCUT2D eigenvalue weighted by atomic mass is 10.0. The Hall–Kier alpha value is -1.32. The van der Waals surface area contributed by atoms with Crippen LogP contribution < -0.4 is 0 Å². The minimum Gasteiger partial charge on any atom is -0.447 e. The van der Waals surface area contributed by atoms with Crippen molar-refractivity contribution in [2.24, 2.45) is 5.92 Å². The summed E-state index contributed by atoms with van der Waals surface area (Å²) in [5, 5.41) is 0. The highest BCUT2D eigenvalue weighted by molar-refractivity contribution is 5.93. The zero-order valence-corrected chi connectivity index (χ0v) is 9.23. The highest BCUT2D eigenvalue weighted by Crippen LogP contribution is 2.20. The molecular weight excluding hydrogens is 194 g/mol. The maximum atomic E-state index is 11.7. The summed E-state index contributed by atoms with van der Waals surface area (Å²) in [7, 11) is 0. The number of carbonyl (C=O) groups excluding carboxylic acids is 2. The topological polar surface area (TPSA) is 46.6 Å². The summed E-state index contributed by atoms with van der Waals surface area (Å²) in [6, 6.07) is -0.116. The van der Waals surface area contributed by atoms with E-state index in [4.69, 9.17) is 4.74 Å². The minimum absolute atomic E-state index is 0.116. The summed E-state index contributed by atoms with van der Waals surface area (Å²) < 4.78 is 4.88. The lowest BCUT2D eigenvalue weighted by molar-refractivity contribution is -0.129. The number of hydrogen-bond donors (Lipinski definition) is 0. The quantitative estimate of drug-likeness (QED) is 0.668. The van der Waals surface area contributed by atoms with Gasteiger partial charge in [-0.15, -0.1) is 6.58 Å². The Balaban J connectivity index is 2.67. The Morgan fingerprint density at radius 1 is 1.73 bits per heavy atom. The van der Waals surface area contributed by atoms with Crippen molar-refractivity contribution in [1.29, 1.82) is 0 Å². The molecule has 1 aliphatic heterocycles. The van der Waals surface area contributed by atoms with Gasteiger partial charge < -0.3 is 4.74 Å². The number of nitrogens with zero attached hydrogens (tertiary/aromatic N) is 1. The molecule has 1 saturated heterocycles. The van der Waals surface area contributed by atoms with Crippen LogP contribution in [0.4, 0.5) is 4.79 Å². The Morgan fingerprint density at radius 3 is 2.93 bits per heavy atom. The van der Waals surface area contributed by atoms with Gasteiger partial charge in [0, 0.05) is 6.42 Å². The first kappa shape index (κ1) is 11.8. The molecule has 1 fully saturated rings. The van der Waals surface area contributed by atoms with E-state index in [1.54, 1.807) is 6.08 Å². The van der Waals surface area contributed by atoms with Gasteiger partial charge in [-0.05, 0) is 12.3 Å². The van der Waals surface area contributed by atoms with E-state index >= 15 is 0 Å². The molecule has 2 amide bonds. The lowest BCUT2D eigenvalue weighted by Gasteiger charge is -2.22. The monoisotopic (exact) mass is 211 g/mol. The largest absolute Gasteiger partial charge is 0.447 e. The zero-order valence-electron chi connectivity index (χ0n) is 9.23. The third-order valence-electron chi connectivity index (χ3n) is 2.51. The van der Waals surface area contributed by atoms with Crippen molar-refractivity contribution >= 4 is 12.0 Å². The maximum Gasteiger partial charge on any atom is 0.416 e. The number of cyclic esters (lactones) is 1. The van der Waals surface area contributed by atoms with E-state index in [-0.39, 0.29) is 17.9 Å². The number of allylic oxidation sites excluding steroid dienone is 1. The summed E-state index contributed by atoms with van der Waals surface area (Å²) >= 11 is 0. The highest BCUT2D eigenvalue weighted by atomic mass is 16.6. The molecule has 0 saturated carbocycles. The van der Waals surface area contributed by atoms with Crippen LogP contribution in [0, 0.1) is 5.92 Å². The maximum absolute atomic E-state index is 11.7. The molecule has 0 aliphatic carbocycles. The smallest absolute Gasteiger partial charge is 0.416 e. The summed E-state index contributed by atoms with van der Waals surface area (Å²) in [4.78, 5) is 24.3. The third-order valence-corrected chi connectivity index (χ3v) is 2.51. The molecule has 0 bridgehead atoms. The van der Waals surface area contributed by atoms with Gasteiger partial charge in [-0.25, -0.2) is 9.69 Å². The van der Waals surface area contributed by atoms with Gasteiger partial charge in [-0.3, -0.25) is 4.79 Å². The molecule has 1 aliphatic rings. The lowest BCUT2D eigenvalue weighted by Crippen LogP contribution is -2.41. The molecule has 1 atom stereocenters. The first-order valence-corrected chi connectivity index (χ1v) is 5.17. The first-order chi connectivity index (χ1) is 7.07. The van der Waals surface area contributed by atoms with Gasteiger partial charge in [0.25, 0.3) is 0 Å². The SMILES string of the molecule is C=CCCC(=O)N1C(=O)OCC1C(C)C. The fourth-order valence-electron chi connectivity index (χ4n) is 1.56. The van der Waals surface area contributed by atoms with Gasteiger partial charge >= 0.3 is 6.09 Å². The number of imide groups is 1. The van der Waals surface area contributed by atoms with E-state index < -0.39 is 6.09 Å². The normalized spacial score (nSPS) is 20.6. The second-order valence-corrected chi connectivity index (χ2v) is 3.98. The van der Waals surface area contributed by atoms with Gasteiger partial charge in [0.2, 0.25) is 5.91 Å². The molecule has 84 valence electrons. The van der Waals surface area contributed by atoms with Crippen LogP contribution in [0.1, 0.15) is 26.7 Å². The van der Waals surface area contributed by atoms with E-state index in [9.17, 15) is 9.59 Å². The van der Waals surface area contributed by atoms with Crippen LogP contribution >= 0.6 is 0 Å². The highest BCUT2D eigenvalue weighted by Gasteiger charge is 2.38. The van der Waals surface area contributed by atoms with Crippen LogP contribution in [0.2, 0.25) is 0 Å². The van der Waals surface area contributed by atoms with E-state index in [1.165, 1.54) is 4.90 Å². The fraction of sp³-hybridized carbons (Fsp3) is 0.636. The average molecular weight is 211 g/mol. The molecule has 0 aromatic carbocycles. The van der Waals surface area contributed by atoms with Crippen molar-refractivity contribution in [3.63, 3.8) is 0 Å². The fourth-order valence-corrected chi connectivity index (χ4v) is 1.56. The van der Waals surface area contributed by atoms with Crippen LogP contribution in [0.5, 0.6) is 0 Å². The number of carbonyl (C=O) groups is 2. The van der Waals surface area contributed by atoms with Gasteiger partial charge in [0.05, 0.1) is 6.04 Å². The van der Waals surface area contributed by atoms with Crippen molar-refractivity contribution < 1.29 is 14.3 Å². The number of amides is 2. The van der Waals surface area contributed by atoms with Crippen molar-refractivity contribution in [3.8, 4) is 0 Å². The average Bonchev–Trinajstić information content (AvgIpc) is 2.56. The number of ether oxygens (including phenoxy) is 1. The Bertz CT molecular complexity index is 273. The molecular formula is C11H17NO3. The van der Waals surface area contributed by atoms with Crippen LogP contribution in [-0.4, -0.2) is 29.5 Å². The second-order valence-electron chi connectivity index (χ2n) is 3.98. The molecule has 0 spiro atoms. The summed E-state index contributed by atoms with van der Waals surface area (Å²) in [6.07, 6.45) is 2.07. The Morgan fingerprint density at radius 2 is 2.40 bits per heavy atom. The van der Waals surface area contributed by atoms with Gasteiger partial charge in [-0.1, -0.05) is 19.9 Å². The summed E-state index contributed by atoms with van der Waals surface area (Å²) in [6.45, 7) is 7.81. The number of rotatable bonds is 4. The predicted molar refractivity (Wildman–Crippen MR) is 56.3 cm³/mol. The van der Waals surface area contributed by atoms with Crippen LogP contribution in [0.25, 0.3) is 0 Å². The minimum atomic E-state index is -0.511. The van der Waals surface area contributed by atoms with Gasteiger partial charge in [-0.2, -0.15) is 0 Å². The standard InChI is InChI=1S/C11H17NO3/c1-4-5-6-10(13)12-9(8(2)3)7-15-11(12)14/h4,8-9H,1,5-7H2,2-3H3. The molecule has 0 N–H and O–H groups in total. The molecule has 4 nitrogen and oxygen atoms in total. The molecule has 1 unspecified atom stereocenters. The Kier molecular flexibility index (Phi) is 3.88. The van der Waals surface area contributed by atoms with Gasteiger partial charge in [0.15, 0.2) is 0 Å². The summed E-state index contributed by atoms with van der Waals surface area (Å²) in [5.74, 6) is 0.0558. The molecule has 0 aromatic rings. The molecule has 15 heavy (non-hydrogen) atoms. The predicted octanol–water partition coefficient (Wildman–Crippen LogP) is 1.96. The zero-order chi connectivity index (χ0) is 11.4. The van der Waals surface area contributed by atoms with Crippen LogP contribution in [-0.2, 0) is 9.53 Å². The van der Waals surface area contributed by atoms with E-state index in [2.05, 4.69) is 6.58 Å². The van der Waals surface area contributed by atoms with E-state index in [0.717, 1.165) is 0 Å². The van der Waals surface area contributed by atoms with Gasteiger partial charge in [0.1, 0.15) is 6.61 Å². The van der Waals surface area contributed by atoms with Crippen molar-refractivity contribution in [3.05, 3.63) is 12.7 Å². The molecule has 1 heterocycles. The number of hydrogen-bond acceptors (Lipinski definition) is 3. The second kappa shape index (κ2) is 4.96. The molecule has 4 heteroatoms. The van der Waals surface area contributed by atoms with Crippen molar-refractivity contribution in [1.82, 2.24) is 4.90 Å². The van der Waals surface area contributed by atoms with E-state index in [0.29, 0.717) is 19.4 Å². The molecule has 1 rings (SSSR count). The summed E-state index contributed by atoms with van der Waals surface area (Å²) in [5.41, 5.74) is 0. The van der Waals surface area contributed by atoms with Crippen molar-refractivity contribution in [2.45, 2.75) is 32.7 Å². The van der Waals surface area contributed by atoms with Crippen LogP contribution in [0.3, 0.4) is 0 Å². The molecule has 0 radical (unpaired) electrons.